The van der Waals surface area contributed by atoms with Gasteiger partial charge in [0.15, 0.2) is 0 Å². The summed E-state index contributed by atoms with van der Waals surface area (Å²) in [7, 11) is 0. The molecule has 3 nitrogen and oxygen atoms in total. The van der Waals surface area contributed by atoms with Gasteiger partial charge in [-0.05, 0) is 51.4 Å². The topological polar surface area (TPSA) is 29.0 Å². The summed E-state index contributed by atoms with van der Waals surface area (Å²) in [6.07, 6.45) is 4.40. The Hall–Kier alpha value is -1.26. The van der Waals surface area contributed by atoms with Crippen molar-refractivity contribution in [3.8, 4) is 0 Å². The summed E-state index contributed by atoms with van der Waals surface area (Å²) in [5.74, 6) is 1.44. The van der Waals surface area contributed by atoms with Crippen LogP contribution >= 0.6 is 11.3 Å². The summed E-state index contributed by atoms with van der Waals surface area (Å²) in [6.45, 7) is 7.55. The fourth-order valence-corrected chi connectivity index (χ4v) is 3.87. The van der Waals surface area contributed by atoms with Gasteiger partial charge in [-0.3, -0.25) is 4.90 Å². The van der Waals surface area contributed by atoms with Gasteiger partial charge >= 0.3 is 0 Å². The quantitative estimate of drug-likeness (QED) is 0.864. The van der Waals surface area contributed by atoms with Crippen LogP contribution in [0.4, 0.5) is 0 Å². The minimum absolute atomic E-state index is 0.562. The molecule has 1 saturated heterocycles. The Morgan fingerprint density at radius 1 is 1.30 bits per heavy atom. The SMILES string of the molecule is Cc1nccc([C@H]2CCCN(Cc3ccc(C)s3)C2)n1. The van der Waals surface area contributed by atoms with E-state index in [1.54, 1.807) is 0 Å². The second kappa shape index (κ2) is 6.02. The van der Waals surface area contributed by atoms with Crippen LogP contribution in [0, 0.1) is 13.8 Å². The zero-order valence-electron chi connectivity index (χ0n) is 12.2. The van der Waals surface area contributed by atoms with E-state index < -0.39 is 0 Å². The highest BCUT2D eigenvalue weighted by molar-refractivity contribution is 7.11. The van der Waals surface area contributed by atoms with E-state index in [2.05, 4.69) is 40.0 Å². The molecule has 1 fully saturated rings. The molecule has 0 spiro atoms. The molecule has 4 heteroatoms. The van der Waals surface area contributed by atoms with Crippen molar-refractivity contribution in [3.63, 3.8) is 0 Å². The molecule has 0 amide bonds. The van der Waals surface area contributed by atoms with E-state index in [0.29, 0.717) is 5.92 Å². The fourth-order valence-electron chi connectivity index (χ4n) is 2.93. The van der Waals surface area contributed by atoms with E-state index in [4.69, 9.17) is 0 Å². The first kappa shape index (κ1) is 13.7. The lowest BCUT2D eigenvalue weighted by molar-refractivity contribution is 0.200. The lowest BCUT2D eigenvalue weighted by atomic mass is 9.94. The fraction of sp³-hybridized carbons (Fsp3) is 0.500. The van der Waals surface area contributed by atoms with Gasteiger partial charge in [-0.15, -0.1) is 11.3 Å². The van der Waals surface area contributed by atoms with Crippen molar-refractivity contribution in [2.24, 2.45) is 0 Å². The Morgan fingerprint density at radius 3 is 2.95 bits per heavy atom. The first-order valence-corrected chi connectivity index (χ1v) is 8.09. The zero-order valence-corrected chi connectivity index (χ0v) is 13.0. The number of nitrogens with zero attached hydrogens (tertiary/aromatic N) is 3. The number of likely N-dealkylation sites (tertiary alicyclic amines) is 1. The predicted molar refractivity (Wildman–Crippen MR) is 83.1 cm³/mol. The number of hydrogen-bond acceptors (Lipinski definition) is 4. The molecule has 0 unspecified atom stereocenters. The average molecular weight is 287 g/mol. The lowest BCUT2D eigenvalue weighted by Gasteiger charge is -2.32. The highest BCUT2D eigenvalue weighted by Gasteiger charge is 2.22. The van der Waals surface area contributed by atoms with Gasteiger partial charge in [0.05, 0.1) is 0 Å². The van der Waals surface area contributed by atoms with Gasteiger partial charge in [-0.25, -0.2) is 9.97 Å². The van der Waals surface area contributed by atoms with Crippen molar-refractivity contribution in [3.05, 3.63) is 45.7 Å². The van der Waals surface area contributed by atoms with Gasteiger partial charge in [0.25, 0.3) is 0 Å². The molecule has 0 bridgehead atoms. The van der Waals surface area contributed by atoms with Crippen molar-refractivity contribution >= 4 is 11.3 Å². The average Bonchev–Trinajstić information content (AvgIpc) is 2.84. The summed E-state index contributed by atoms with van der Waals surface area (Å²) in [4.78, 5) is 14.3. The maximum atomic E-state index is 4.61. The van der Waals surface area contributed by atoms with Crippen LogP contribution < -0.4 is 0 Å². The Morgan fingerprint density at radius 2 is 2.20 bits per heavy atom. The Balaban J connectivity index is 1.67. The molecule has 0 saturated carbocycles. The normalized spacial score (nSPS) is 20.2. The monoisotopic (exact) mass is 287 g/mol. The van der Waals surface area contributed by atoms with Crippen LogP contribution in [-0.2, 0) is 6.54 Å². The molecule has 1 aliphatic heterocycles. The molecule has 3 rings (SSSR count). The van der Waals surface area contributed by atoms with Gasteiger partial charge < -0.3 is 0 Å². The summed E-state index contributed by atoms with van der Waals surface area (Å²) in [6, 6.07) is 6.56. The Kier molecular flexibility index (Phi) is 4.13. The van der Waals surface area contributed by atoms with E-state index in [1.165, 1.54) is 34.8 Å². The van der Waals surface area contributed by atoms with Crippen LogP contribution in [-0.4, -0.2) is 28.0 Å². The number of aromatic nitrogens is 2. The van der Waals surface area contributed by atoms with E-state index in [9.17, 15) is 0 Å². The summed E-state index contributed by atoms with van der Waals surface area (Å²) in [5, 5.41) is 0. The third-order valence-corrected chi connectivity index (χ3v) is 4.88. The van der Waals surface area contributed by atoms with Gasteiger partial charge in [0, 0.05) is 40.7 Å². The number of aryl methyl sites for hydroxylation is 2. The van der Waals surface area contributed by atoms with Crippen LogP contribution in [0.15, 0.2) is 24.4 Å². The van der Waals surface area contributed by atoms with Gasteiger partial charge in [-0.2, -0.15) is 0 Å². The van der Waals surface area contributed by atoms with E-state index in [0.717, 1.165) is 18.9 Å². The molecule has 0 aromatic carbocycles. The van der Waals surface area contributed by atoms with E-state index >= 15 is 0 Å². The summed E-state index contributed by atoms with van der Waals surface area (Å²) in [5.41, 5.74) is 1.21. The van der Waals surface area contributed by atoms with Crippen LogP contribution in [0.3, 0.4) is 0 Å². The minimum atomic E-state index is 0.562. The van der Waals surface area contributed by atoms with Crippen molar-refractivity contribution in [2.75, 3.05) is 13.1 Å². The summed E-state index contributed by atoms with van der Waals surface area (Å²) >= 11 is 1.91. The standard InChI is InChI=1S/C16H21N3S/c1-12-5-6-15(20-12)11-19-9-3-4-14(10-19)16-7-8-17-13(2)18-16/h5-8,14H,3-4,9-11H2,1-2H3/t14-/m0/s1. The van der Waals surface area contributed by atoms with Crippen LogP contribution in [0.5, 0.6) is 0 Å². The zero-order chi connectivity index (χ0) is 13.9. The lowest BCUT2D eigenvalue weighted by Crippen LogP contribution is -2.34. The maximum Gasteiger partial charge on any atom is 0.125 e. The Bertz CT molecular complexity index is 579. The van der Waals surface area contributed by atoms with Gasteiger partial charge in [0.2, 0.25) is 0 Å². The number of rotatable bonds is 3. The van der Waals surface area contributed by atoms with Gasteiger partial charge in [-0.1, -0.05) is 0 Å². The van der Waals surface area contributed by atoms with Crippen molar-refractivity contribution < 1.29 is 0 Å². The molecule has 0 aliphatic carbocycles. The third-order valence-electron chi connectivity index (χ3n) is 3.90. The minimum Gasteiger partial charge on any atom is -0.298 e. The molecular formula is C16H21N3S. The Labute approximate surface area is 124 Å². The van der Waals surface area contributed by atoms with Crippen LogP contribution in [0.25, 0.3) is 0 Å². The molecule has 1 atom stereocenters. The molecule has 3 heterocycles. The molecule has 0 N–H and O–H groups in total. The van der Waals surface area contributed by atoms with Crippen molar-refractivity contribution in [2.45, 2.75) is 39.2 Å². The summed E-state index contributed by atoms with van der Waals surface area (Å²) < 4.78 is 0. The van der Waals surface area contributed by atoms with Crippen molar-refractivity contribution in [1.82, 2.24) is 14.9 Å². The molecule has 0 radical (unpaired) electrons. The highest BCUT2D eigenvalue weighted by atomic mass is 32.1. The molecule has 2 aromatic heterocycles. The van der Waals surface area contributed by atoms with Crippen molar-refractivity contribution in [1.29, 1.82) is 0 Å². The highest BCUT2D eigenvalue weighted by Crippen LogP contribution is 2.27. The maximum absolute atomic E-state index is 4.61. The second-order valence-electron chi connectivity index (χ2n) is 5.62. The number of thiophene rings is 1. The number of hydrogen-bond donors (Lipinski definition) is 0. The van der Waals surface area contributed by atoms with E-state index in [-0.39, 0.29) is 0 Å². The molecular weight excluding hydrogens is 266 g/mol. The molecule has 106 valence electrons. The number of piperidine rings is 1. The molecule has 1 aliphatic rings. The third kappa shape index (κ3) is 3.25. The second-order valence-corrected chi connectivity index (χ2v) is 6.99. The largest absolute Gasteiger partial charge is 0.298 e. The van der Waals surface area contributed by atoms with Gasteiger partial charge in [0.1, 0.15) is 5.82 Å². The first-order valence-electron chi connectivity index (χ1n) is 7.28. The predicted octanol–water partition coefficient (Wildman–Crippen LogP) is 3.53. The van der Waals surface area contributed by atoms with Crippen LogP contribution in [0.1, 0.15) is 40.0 Å². The van der Waals surface area contributed by atoms with E-state index in [1.807, 2.05) is 24.5 Å². The molecule has 20 heavy (non-hydrogen) atoms. The first-order chi connectivity index (χ1) is 9.70. The van der Waals surface area contributed by atoms with Crippen LogP contribution in [0.2, 0.25) is 0 Å². The smallest absolute Gasteiger partial charge is 0.125 e. The molecule has 2 aromatic rings.